The summed E-state index contributed by atoms with van der Waals surface area (Å²) in [5.74, 6) is 1.32. The van der Waals surface area contributed by atoms with E-state index in [9.17, 15) is 4.79 Å². The first-order valence-electron chi connectivity index (χ1n) is 4.25. The van der Waals surface area contributed by atoms with Crippen molar-refractivity contribution in [3.05, 3.63) is 23.2 Å². The molecule has 14 heavy (non-hydrogen) atoms. The first-order chi connectivity index (χ1) is 6.36. The van der Waals surface area contributed by atoms with Gasteiger partial charge in [0, 0.05) is 5.41 Å². The van der Waals surface area contributed by atoms with Gasteiger partial charge in [0.25, 0.3) is 5.24 Å². The van der Waals surface area contributed by atoms with Gasteiger partial charge in [-0.1, -0.05) is 20.8 Å². The molecule has 1 aromatic heterocycles. The van der Waals surface area contributed by atoms with Crippen molar-refractivity contribution in [2.24, 2.45) is 0 Å². The summed E-state index contributed by atoms with van der Waals surface area (Å²) < 4.78 is 5.45. The highest BCUT2D eigenvalue weighted by molar-refractivity contribution is 6.67. The van der Waals surface area contributed by atoms with Gasteiger partial charge in [0.05, 0.1) is 11.4 Å². The summed E-state index contributed by atoms with van der Waals surface area (Å²) in [6, 6.07) is 1.66. The Kier molecular flexibility index (Phi) is 3.28. The molecular formula is C10H12Cl2O2. The molecule has 0 saturated carbocycles. The minimum absolute atomic E-state index is 0.147. The highest BCUT2D eigenvalue weighted by Gasteiger charge is 2.23. The van der Waals surface area contributed by atoms with Crippen LogP contribution in [0.4, 0.5) is 0 Å². The van der Waals surface area contributed by atoms with Crippen molar-refractivity contribution < 1.29 is 9.21 Å². The minimum atomic E-state index is -0.528. The fourth-order valence-corrected chi connectivity index (χ4v) is 1.42. The van der Waals surface area contributed by atoms with E-state index in [0.717, 1.165) is 5.76 Å². The summed E-state index contributed by atoms with van der Waals surface area (Å²) in [4.78, 5) is 11.0. The van der Waals surface area contributed by atoms with Crippen LogP contribution in [0.5, 0.6) is 0 Å². The van der Waals surface area contributed by atoms with Crippen molar-refractivity contribution in [1.29, 1.82) is 0 Å². The van der Waals surface area contributed by atoms with Crippen LogP contribution in [-0.2, 0) is 11.3 Å². The Morgan fingerprint density at radius 3 is 2.36 bits per heavy atom. The van der Waals surface area contributed by atoms with Crippen LogP contribution in [0.15, 0.2) is 10.5 Å². The summed E-state index contributed by atoms with van der Waals surface area (Å²) in [6.45, 7) is 5.98. The third-order valence-corrected chi connectivity index (χ3v) is 2.33. The Labute approximate surface area is 93.2 Å². The summed E-state index contributed by atoms with van der Waals surface area (Å²) in [7, 11) is 0. The van der Waals surface area contributed by atoms with Gasteiger partial charge in [-0.15, -0.1) is 11.6 Å². The average molecular weight is 235 g/mol. The highest BCUT2D eigenvalue weighted by atomic mass is 35.5. The molecule has 1 rings (SSSR count). The van der Waals surface area contributed by atoms with Gasteiger partial charge in [-0.2, -0.15) is 0 Å². The second-order valence-corrected chi connectivity index (χ2v) is 4.72. The van der Waals surface area contributed by atoms with E-state index in [-0.39, 0.29) is 11.3 Å². The lowest BCUT2D eigenvalue weighted by Crippen LogP contribution is -2.09. The maximum atomic E-state index is 11.0. The van der Waals surface area contributed by atoms with E-state index >= 15 is 0 Å². The van der Waals surface area contributed by atoms with E-state index in [1.165, 1.54) is 0 Å². The Bertz CT molecular complexity index is 347. The summed E-state index contributed by atoms with van der Waals surface area (Å²) >= 11 is 11.0. The largest absolute Gasteiger partial charge is 0.463 e. The number of furan rings is 1. The van der Waals surface area contributed by atoms with E-state index in [2.05, 4.69) is 0 Å². The molecule has 1 heterocycles. The molecule has 0 bridgehead atoms. The van der Waals surface area contributed by atoms with Gasteiger partial charge in [-0.25, -0.2) is 0 Å². The molecule has 2 nitrogen and oxygen atoms in total. The van der Waals surface area contributed by atoms with E-state index in [4.69, 9.17) is 27.6 Å². The number of rotatable bonds is 2. The van der Waals surface area contributed by atoms with Crippen molar-refractivity contribution in [3.8, 4) is 0 Å². The maximum absolute atomic E-state index is 11.0. The van der Waals surface area contributed by atoms with Crippen LogP contribution in [0.2, 0.25) is 0 Å². The lowest BCUT2D eigenvalue weighted by Gasteiger charge is -2.13. The number of carbonyl (C=O) groups is 1. The quantitative estimate of drug-likeness (QED) is 0.578. The maximum Gasteiger partial charge on any atom is 0.255 e. The lowest BCUT2D eigenvalue weighted by atomic mass is 9.93. The van der Waals surface area contributed by atoms with Crippen LogP contribution < -0.4 is 0 Å². The smallest absolute Gasteiger partial charge is 0.255 e. The molecule has 0 amide bonds. The first kappa shape index (κ1) is 11.6. The average Bonchev–Trinajstić information content (AvgIpc) is 2.45. The van der Waals surface area contributed by atoms with Crippen molar-refractivity contribution >= 4 is 28.4 Å². The fourth-order valence-electron chi connectivity index (χ4n) is 1.06. The first-order valence-corrected chi connectivity index (χ1v) is 5.16. The molecule has 0 N–H and O–H groups in total. The molecule has 0 spiro atoms. The molecule has 1 aromatic rings. The van der Waals surface area contributed by atoms with Crippen molar-refractivity contribution in [3.63, 3.8) is 0 Å². The lowest BCUT2D eigenvalue weighted by molar-refractivity contribution is 0.108. The molecule has 0 aliphatic rings. The zero-order valence-electron chi connectivity index (χ0n) is 8.36. The molecule has 0 fully saturated rings. The Hall–Kier alpha value is -0.470. The van der Waals surface area contributed by atoms with Crippen LogP contribution in [-0.4, -0.2) is 5.24 Å². The summed E-state index contributed by atoms with van der Waals surface area (Å²) in [5.41, 5.74) is 0.220. The van der Waals surface area contributed by atoms with Crippen LogP contribution in [0.1, 0.15) is 42.6 Å². The molecule has 0 radical (unpaired) electrons. The molecule has 0 unspecified atom stereocenters. The molecule has 0 aliphatic heterocycles. The number of carbonyl (C=O) groups excluding carboxylic acids is 1. The minimum Gasteiger partial charge on any atom is -0.463 e. The number of alkyl halides is 1. The van der Waals surface area contributed by atoms with Crippen molar-refractivity contribution in [2.45, 2.75) is 32.1 Å². The summed E-state index contributed by atoms with van der Waals surface area (Å²) in [6.07, 6.45) is 0. The Balaban J connectivity index is 3.20. The zero-order chi connectivity index (χ0) is 10.9. The van der Waals surface area contributed by atoms with Gasteiger partial charge in [0.2, 0.25) is 0 Å². The second kappa shape index (κ2) is 3.95. The van der Waals surface area contributed by atoms with E-state index in [1.807, 2.05) is 20.8 Å². The molecule has 0 aliphatic carbocycles. The predicted octanol–water partition coefficient (Wildman–Crippen LogP) is 3.69. The van der Waals surface area contributed by atoms with Gasteiger partial charge in [0.1, 0.15) is 11.5 Å². The normalized spacial score (nSPS) is 11.8. The van der Waals surface area contributed by atoms with Crippen LogP contribution in [0.3, 0.4) is 0 Å². The second-order valence-electron chi connectivity index (χ2n) is 4.10. The monoisotopic (exact) mass is 234 g/mol. The fraction of sp³-hybridized carbons (Fsp3) is 0.500. The zero-order valence-corrected chi connectivity index (χ0v) is 9.87. The third kappa shape index (κ3) is 2.31. The van der Waals surface area contributed by atoms with Crippen LogP contribution in [0.25, 0.3) is 0 Å². The molecular weight excluding hydrogens is 223 g/mol. The van der Waals surface area contributed by atoms with Crippen molar-refractivity contribution in [1.82, 2.24) is 0 Å². The SMILES string of the molecule is CC(C)(C)c1cc(C(=O)Cl)c(CCl)o1. The van der Waals surface area contributed by atoms with Crippen molar-refractivity contribution in [2.75, 3.05) is 0 Å². The molecule has 0 saturated heterocycles. The molecule has 4 heteroatoms. The topological polar surface area (TPSA) is 30.2 Å². The van der Waals surface area contributed by atoms with Gasteiger partial charge >= 0.3 is 0 Å². The number of hydrogen-bond acceptors (Lipinski definition) is 2. The van der Waals surface area contributed by atoms with Gasteiger partial charge in [-0.3, -0.25) is 4.79 Å². The number of hydrogen-bond donors (Lipinski definition) is 0. The van der Waals surface area contributed by atoms with Crippen LogP contribution >= 0.6 is 23.2 Å². The van der Waals surface area contributed by atoms with Gasteiger partial charge in [-0.05, 0) is 17.7 Å². The highest BCUT2D eigenvalue weighted by Crippen LogP contribution is 2.28. The molecule has 0 atom stereocenters. The van der Waals surface area contributed by atoms with E-state index in [0.29, 0.717) is 11.3 Å². The summed E-state index contributed by atoms with van der Waals surface area (Å²) in [5, 5.41) is -0.528. The van der Waals surface area contributed by atoms with Gasteiger partial charge < -0.3 is 4.42 Å². The van der Waals surface area contributed by atoms with Crippen LogP contribution in [0, 0.1) is 0 Å². The van der Waals surface area contributed by atoms with E-state index < -0.39 is 5.24 Å². The van der Waals surface area contributed by atoms with Gasteiger partial charge in [0.15, 0.2) is 0 Å². The standard InChI is InChI=1S/C10H12Cl2O2/c1-10(2,3)8-4-6(9(12)13)7(5-11)14-8/h4H,5H2,1-3H3. The third-order valence-electron chi connectivity index (χ3n) is 1.88. The number of halogens is 2. The Morgan fingerprint density at radius 1 is 1.50 bits per heavy atom. The predicted molar refractivity (Wildman–Crippen MR) is 57.1 cm³/mol. The van der Waals surface area contributed by atoms with E-state index in [1.54, 1.807) is 6.07 Å². The Morgan fingerprint density at radius 2 is 2.07 bits per heavy atom. The molecule has 78 valence electrons. The molecule has 0 aromatic carbocycles.